The van der Waals surface area contributed by atoms with Crippen molar-refractivity contribution in [1.82, 2.24) is 5.32 Å². The van der Waals surface area contributed by atoms with Gasteiger partial charge in [-0.05, 0) is 36.8 Å². The minimum Gasteiger partial charge on any atom is -0.474 e. The summed E-state index contributed by atoms with van der Waals surface area (Å²) in [6.45, 7) is 1.84. The third-order valence-electron chi connectivity index (χ3n) is 4.15. The van der Waals surface area contributed by atoms with E-state index in [2.05, 4.69) is 10.1 Å². The van der Waals surface area contributed by atoms with Crippen LogP contribution in [0.5, 0.6) is 17.2 Å². The molecule has 152 valence electrons. The van der Waals surface area contributed by atoms with E-state index in [0.717, 1.165) is 11.6 Å². The van der Waals surface area contributed by atoms with Gasteiger partial charge in [-0.15, -0.1) is 0 Å². The number of carbonyl (C=O) groups is 2. The molecular weight excluding hydrogens is 384 g/mol. The topological polar surface area (TPSA) is 126 Å². The van der Waals surface area contributed by atoms with Crippen LogP contribution in [-0.4, -0.2) is 36.8 Å². The number of hydrogen-bond acceptors (Lipinski definition) is 8. The number of amides is 1. The first-order valence-corrected chi connectivity index (χ1v) is 8.58. The molecular formula is C19H18N2O8. The lowest BCUT2D eigenvalue weighted by molar-refractivity contribution is -0.386. The van der Waals surface area contributed by atoms with Gasteiger partial charge in [-0.1, -0.05) is 6.07 Å². The Labute approximate surface area is 165 Å². The number of nitrogens with zero attached hydrogens (tertiary/aromatic N) is 1. The lowest BCUT2D eigenvalue weighted by Crippen LogP contribution is -2.36. The average molecular weight is 402 g/mol. The Hall–Kier alpha value is -3.82. The van der Waals surface area contributed by atoms with E-state index in [1.807, 2.05) is 0 Å². The summed E-state index contributed by atoms with van der Waals surface area (Å²) in [6.07, 6.45) is -1.01. The van der Waals surface area contributed by atoms with E-state index in [-0.39, 0.29) is 24.7 Å². The van der Waals surface area contributed by atoms with E-state index in [1.54, 1.807) is 18.2 Å². The summed E-state index contributed by atoms with van der Waals surface area (Å²) >= 11 is 0. The molecule has 1 heterocycles. The molecule has 0 aromatic heterocycles. The molecule has 3 rings (SSSR count). The second kappa shape index (κ2) is 8.46. The zero-order chi connectivity index (χ0) is 21.0. The number of benzene rings is 2. The average Bonchev–Trinajstić information content (AvgIpc) is 3.19. The summed E-state index contributed by atoms with van der Waals surface area (Å²) in [6, 6.07) is 8.91. The van der Waals surface area contributed by atoms with Crippen LogP contribution in [0.15, 0.2) is 36.4 Å². The minimum atomic E-state index is -1.01. The molecule has 0 bridgehead atoms. The van der Waals surface area contributed by atoms with Crippen LogP contribution in [-0.2, 0) is 16.1 Å². The predicted octanol–water partition coefficient (Wildman–Crippen LogP) is 2.19. The van der Waals surface area contributed by atoms with E-state index in [0.29, 0.717) is 11.5 Å². The van der Waals surface area contributed by atoms with Crippen LogP contribution in [0.25, 0.3) is 0 Å². The molecule has 0 aliphatic carbocycles. The van der Waals surface area contributed by atoms with Crippen LogP contribution in [0.1, 0.15) is 22.8 Å². The van der Waals surface area contributed by atoms with Crippen LogP contribution < -0.4 is 19.5 Å². The number of nitrogens with one attached hydrogen (secondary N) is 1. The normalized spacial score (nSPS) is 12.8. The third-order valence-corrected chi connectivity index (χ3v) is 4.15. The fraction of sp³-hybridized carbons (Fsp3) is 0.263. The van der Waals surface area contributed by atoms with Gasteiger partial charge >= 0.3 is 11.7 Å². The predicted molar refractivity (Wildman–Crippen MR) is 98.9 cm³/mol. The maximum absolute atomic E-state index is 12.3. The van der Waals surface area contributed by atoms with Gasteiger partial charge < -0.3 is 24.3 Å². The Kier molecular flexibility index (Phi) is 5.82. The maximum atomic E-state index is 12.3. The molecule has 0 radical (unpaired) electrons. The summed E-state index contributed by atoms with van der Waals surface area (Å²) in [4.78, 5) is 34.5. The van der Waals surface area contributed by atoms with Crippen molar-refractivity contribution < 1.29 is 33.5 Å². The molecule has 2 aromatic carbocycles. The van der Waals surface area contributed by atoms with Crippen molar-refractivity contribution in [2.75, 3.05) is 13.9 Å². The van der Waals surface area contributed by atoms with Crippen molar-refractivity contribution in [2.24, 2.45) is 0 Å². The van der Waals surface area contributed by atoms with Gasteiger partial charge in [0.1, 0.15) is 0 Å². The molecule has 2 aromatic rings. The number of nitro benzene ring substituents is 1. The largest absolute Gasteiger partial charge is 0.474 e. The van der Waals surface area contributed by atoms with E-state index in [4.69, 9.17) is 14.2 Å². The summed E-state index contributed by atoms with van der Waals surface area (Å²) in [5.41, 5.74) is 0.359. The zero-order valence-corrected chi connectivity index (χ0v) is 15.7. The number of hydrogen-bond donors (Lipinski definition) is 1. The Bertz CT molecular complexity index is 959. The van der Waals surface area contributed by atoms with Gasteiger partial charge in [-0.25, -0.2) is 4.79 Å². The lowest BCUT2D eigenvalue weighted by atomic mass is 10.2. The zero-order valence-electron chi connectivity index (χ0n) is 15.7. The van der Waals surface area contributed by atoms with Crippen LogP contribution >= 0.6 is 0 Å². The van der Waals surface area contributed by atoms with Gasteiger partial charge in [0.05, 0.1) is 17.6 Å². The number of ether oxygens (including phenoxy) is 4. The fourth-order valence-corrected chi connectivity index (χ4v) is 2.63. The molecule has 1 N–H and O–H groups in total. The van der Waals surface area contributed by atoms with E-state index in [1.165, 1.54) is 26.2 Å². The third kappa shape index (κ3) is 4.54. The molecule has 1 amide bonds. The number of carbonyl (C=O) groups excluding carboxylic acids is 2. The number of nitro groups is 1. The molecule has 1 aliphatic heterocycles. The Balaban J connectivity index is 1.64. The van der Waals surface area contributed by atoms with Gasteiger partial charge in [0.2, 0.25) is 6.79 Å². The molecule has 0 saturated heterocycles. The minimum absolute atomic E-state index is 0.00598. The quantitative estimate of drug-likeness (QED) is 0.424. The lowest BCUT2D eigenvalue weighted by Gasteiger charge is -2.15. The van der Waals surface area contributed by atoms with Gasteiger partial charge in [-0.3, -0.25) is 14.9 Å². The van der Waals surface area contributed by atoms with Crippen molar-refractivity contribution in [3.05, 3.63) is 57.6 Å². The van der Waals surface area contributed by atoms with Crippen LogP contribution in [0.2, 0.25) is 0 Å². The summed E-state index contributed by atoms with van der Waals surface area (Å²) in [5, 5.41) is 14.0. The highest BCUT2D eigenvalue weighted by molar-refractivity contribution is 5.90. The Morgan fingerprint density at radius 2 is 1.97 bits per heavy atom. The smallest absolute Gasteiger partial charge is 0.338 e. The molecule has 10 heteroatoms. The van der Waals surface area contributed by atoms with Crippen molar-refractivity contribution in [3.8, 4) is 17.2 Å². The molecule has 0 unspecified atom stereocenters. The first-order valence-electron chi connectivity index (χ1n) is 8.58. The maximum Gasteiger partial charge on any atom is 0.338 e. The molecule has 0 spiro atoms. The highest BCUT2D eigenvalue weighted by atomic mass is 16.7. The van der Waals surface area contributed by atoms with Crippen molar-refractivity contribution in [2.45, 2.75) is 19.6 Å². The number of rotatable bonds is 7. The van der Waals surface area contributed by atoms with Crippen molar-refractivity contribution in [3.63, 3.8) is 0 Å². The second-order valence-electron chi connectivity index (χ2n) is 6.10. The molecule has 0 saturated carbocycles. The van der Waals surface area contributed by atoms with Crippen LogP contribution in [0, 0.1) is 10.1 Å². The molecule has 29 heavy (non-hydrogen) atoms. The van der Waals surface area contributed by atoms with Gasteiger partial charge in [-0.2, -0.15) is 0 Å². The van der Waals surface area contributed by atoms with Crippen LogP contribution in [0.4, 0.5) is 5.69 Å². The number of methoxy groups -OCH3 is 1. The fourth-order valence-electron chi connectivity index (χ4n) is 2.63. The van der Waals surface area contributed by atoms with Crippen molar-refractivity contribution in [1.29, 1.82) is 0 Å². The number of esters is 1. The Morgan fingerprint density at radius 1 is 1.21 bits per heavy atom. The molecule has 1 aliphatic rings. The first kappa shape index (κ1) is 19.9. The summed E-state index contributed by atoms with van der Waals surface area (Å²) in [7, 11) is 1.17. The number of fused-ring (bicyclic) bond motifs is 1. The highest BCUT2D eigenvalue weighted by Gasteiger charge is 2.23. The second-order valence-corrected chi connectivity index (χ2v) is 6.10. The van der Waals surface area contributed by atoms with Gasteiger partial charge in [0.15, 0.2) is 23.4 Å². The standard InChI is InChI=1S/C19H18N2O8/c1-11(18(22)20-9-12-3-5-16-17(7-12)28-10-27-16)29-15-6-4-13(19(23)26-2)8-14(15)21(24)25/h3-8,11H,9-10H2,1-2H3,(H,20,22)/t11-/m0/s1. The summed E-state index contributed by atoms with van der Waals surface area (Å²) < 4.78 is 20.5. The molecule has 1 atom stereocenters. The van der Waals surface area contributed by atoms with E-state index in [9.17, 15) is 19.7 Å². The Morgan fingerprint density at radius 3 is 2.69 bits per heavy atom. The molecule has 10 nitrogen and oxygen atoms in total. The molecule has 0 fully saturated rings. The SMILES string of the molecule is COC(=O)c1ccc(O[C@@H](C)C(=O)NCc2ccc3c(c2)OCO3)c([N+](=O)[O-])c1. The van der Waals surface area contributed by atoms with Gasteiger partial charge in [0.25, 0.3) is 5.91 Å². The van der Waals surface area contributed by atoms with Crippen LogP contribution in [0.3, 0.4) is 0 Å². The van der Waals surface area contributed by atoms with E-state index < -0.39 is 28.6 Å². The van der Waals surface area contributed by atoms with Crippen molar-refractivity contribution >= 4 is 17.6 Å². The van der Waals surface area contributed by atoms with Gasteiger partial charge in [0, 0.05) is 12.6 Å². The highest BCUT2D eigenvalue weighted by Crippen LogP contribution is 2.32. The summed E-state index contributed by atoms with van der Waals surface area (Å²) in [5.74, 6) is -0.0709. The van der Waals surface area contributed by atoms with E-state index >= 15 is 0 Å². The first-order chi connectivity index (χ1) is 13.9. The monoisotopic (exact) mass is 402 g/mol.